The number of nitrogens with zero attached hydrogens (tertiary/aromatic N) is 1. The Labute approximate surface area is 167 Å². The number of rotatable bonds is 8. The molecule has 0 atom stereocenters. The van der Waals surface area contributed by atoms with Crippen LogP contribution in [0.2, 0.25) is 0 Å². The summed E-state index contributed by atoms with van der Waals surface area (Å²) in [7, 11) is 3.19. The number of ether oxygens (including phenoxy) is 2. The molecule has 1 aliphatic rings. The lowest BCUT2D eigenvalue weighted by atomic mass is 10.1. The van der Waals surface area contributed by atoms with Crippen molar-refractivity contribution >= 4 is 17.7 Å². The Hall–Kier alpha value is -2.79. The van der Waals surface area contributed by atoms with E-state index in [1.165, 1.54) is 37.6 Å². The van der Waals surface area contributed by atoms with Gasteiger partial charge in [-0.25, -0.2) is 0 Å². The first-order chi connectivity index (χ1) is 13.7. The van der Waals surface area contributed by atoms with Gasteiger partial charge in [0.2, 0.25) is 5.91 Å². The number of hydrogen-bond donors (Lipinski definition) is 1. The van der Waals surface area contributed by atoms with Crippen molar-refractivity contribution in [2.45, 2.75) is 19.3 Å². The van der Waals surface area contributed by atoms with Crippen LogP contribution in [0.3, 0.4) is 0 Å². The maximum absolute atomic E-state index is 12.2. The third-order valence-electron chi connectivity index (χ3n) is 4.97. The van der Waals surface area contributed by atoms with E-state index >= 15 is 0 Å². The monoisotopic (exact) mass is 380 g/mol. The highest BCUT2D eigenvalue weighted by atomic mass is 16.5. The molecule has 0 spiro atoms. The number of anilines is 1. The van der Waals surface area contributed by atoms with Crippen LogP contribution in [0, 0.1) is 0 Å². The second-order valence-electron chi connectivity index (χ2n) is 6.93. The van der Waals surface area contributed by atoms with E-state index in [2.05, 4.69) is 22.3 Å². The van der Waals surface area contributed by atoms with Gasteiger partial charge in [0.05, 0.1) is 14.2 Å². The number of amides is 1. The normalized spacial score (nSPS) is 14.4. The van der Waals surface area contributed by atoms with Crippen LogP contribution in [0.4, 0.5) is 5.69 Å². The highest BCUT2D eigenvalue weighted by molar-refractivity contribution is 6.01. The van der Waals surface area contributed by atoms with Gasteiger partial charge in [-0.15, -0.1) is 0 Å². The number of benzene rings is 2. The van der Waals surface area contributed by atoms with Crippen LogP contribution in [0.1, 0.15) is 24.0 Å². The van der Waals surface area contributed by atoms with Crippen molar-refractivity contribution in [1.82, 2.24) is 4.90 Å². The molecule has 0 unspecified atom stereocenters. The zero-order valence-corrected chi connectivity index (χ0v) is 16.6. The molecule has 28 heavy (non-hydrogen) atoms. The van der Waals surface area contributed by atoms with E-state index in [1.54, 1.807) is 20.3 Å². The fraction of sp³-hybridized carbons (Fsp3) is 0.348. The maximum atomic E-state index is 12.2. The minimum Gasteiger partial charge on any atom is -0.493 e. The predicted molar refractivity (Wildman–Crippen MR) is 113 cm³/mol. The summed E-state index contributed by atoms with van der Waals surface area (Å²) in [6.07, 6.45) is 6.96. The van der Waals surface area contributed by atoms with Crippen LogP contribution >= 0.6 is 0 Å². The quantitative estimate of drug-likeness (QED) is 0.704. The molecule has 0 aliphatic carbocycles. The van der Waals surface area contributed by atoms with Crippen LogP contribution in [0.5, 0.6) is 11.5 Å². The van der Waals surface area contributed by atoms with Crippen LogP contribution < -0.4 is 14.8 Å². The molecule has 0 saturated carbocycles. The van der Waals surface area contributed by atoms with Gasteiger partial charge in [-0.1, -0.05) is 18.2 Å². The summed E-state index contributed by atoms with van der Waals surface area (Å²) >= 11 is 0. The highest BCUT2D eigenvalue weighted by Gasteiger charge is 2.10. The molecule has 1 saturated heterocycles. The zero-order valence-electron chi connectivity index (χ0n) is 16.6. The largest absolute Gasteiger partial charge is 0.493 e. The van der Waals surface area contributed by atoms with Gasteiger partial charge >= 0.3 is 0 Å². The Morgan fingerprint density at radius 3 is 2.43 bits per heavy atom. The second-order valence-corrected chi connectivity index (χ2v) is 6.93. The molecule has 0 radical (unpaired) electrons. The van der Waals surface area contributed by atoms with E-state index in [0.29, 0.717) is 11.5 Å². The SMILES string of the molecule is COc1ccc(C=CC(=O)Nc2ccc(CCN3CCCC3)cc2)cc1OC. The summed E-state index contributed by atoms with van der Waals surface area (Å²) < 4.78 is 10.5. The molecule has 2 aromatic rings. The second kappa shape index (κ2) is 9.95. The summed E-state index contributed by atoms with van der Waals surface area (Å²) in [5, 5.41) is 2.90. The zero-order chi connectivity index (χ0) is 19.8. The molecule has 3 rings (SSSR count). The van der Waals surface area contributed by atoms with Crippen LogP contribution in [-0.2, 0) is 11.2 Å². The van der Waals surface area contributed by atoms with Crippen molar-refractivity contribution in [2.75, 3.05) is 39.2 Å². The highest BCUT2D eigenvalue weighted by Crippen LogP contribution is 2.28. The molecular formula is C23H28N2O3. The van der Waals surface area contributed by atoms with Crippen LogP contribution in [-0.4, -0.2) is 44.7 Å². The molecule has 0 bridgehead atoms. The fourth-order valence-corrected chi connectivity index (χ4v) is 3.36. The van der Waals surface area contributed by atoms with Crippen molar-refractivity contribution in [3.63, 3.8) is 0 Å². The van der Waals surface area contributed by atoms with Gasteiger partial charge in [0, 0.05) is 18.3 Å². The number of hydrogen-bond acceptors (Lipinski definition) is 4. The van der Waals surface area contributed by atoms with E-state index in [4.69, 9.17) is 9.47 Å². The predicted octanol–water partition coefficient (Wildman–Crippen LogP) is 3.99. The van der Waals surface area contributed by atoms with Crippen molar-refractivity contribution in [3.8, 4) is 11.5 Å². The number of likely N-dealkylation sites (tertiary alicyclic amines) is 1. The molecule has 1 aliphatic heterocycles. The van der Waals surface area contributed by atoms with Crippen molar-refractivity contribution in [3.05, 3.63) is 59.7 Å². The summed E-state index contributed by atoms with van der Waals surface area (Å²) in [6.45, 7) is 3.56. The number of methoxy groups -OCH3 is 2. The van der Waals surface area contributed by atoms with E-state index in [1.807, 2.05) is 30.3 Å². The van der Waals surface area contributed by atoms with E-state index < -0.39 is 0 Å². The minimum atomic E-state index is -0.167. The number of carbonyl (C=O) groups is 1. The smallest absolute Gasteiger partial charge is 0.248 e. The lowest BCUT2D eigenvalue weighted by Gasteiger charge is -2.14. The third-order valence-corrected chi connectivity index (χ3v) is 4.97. The average molecular weight is 380 g/mol. The molecule has 1 amide bonds. The lowest BCUT2D eigenvalue weighted by molar-refractivity contribution is -0.111. The average Bonchev–Trinajstić information content (AvgIpc) is 3.25. The lowest BCUT2D eigenvalue weighted by Crippen LogP contribution is -2.21. The maximum Gasteiger partial charge on any atom is 0.248 e. The van der Waals surface area contributed by atoms with Gasteiger partial charge in [0.1, 0.15) is 0 Å². The third kappa shape index (κ3) is 5.60. The van der Waals surface area contributed by atoms with Gasteiger partial charge in [-0.05, 0) is 73.8 Å². The summed E-state index contributed by atoms with van der Waals surface area (Å²) in [5.41, 5.74) is 2.96. The molecule has 1 N–H and O–H groups in total. The van der Waals surface area contributed by atoms with E-state index in [-0.39, 0.29) is 5.91 Å². The van der Waals surface area contributed by atoms with Gasteiger partial charge in [0.25, 0.3) is 0 Å². The first-order valence-electron chi connectivity index (χ1n) is 9.70. The van der Waals surface area contributed by atoms with Crippen molar-refractivity contribution in [2.24, 2.45) is 0 Å². The van der Waals surface area contributed by atoms with Crippen LogP contribution in [0.15, 0.2) is 48.5 Å². The molecular weight excluding hydrogens is 352 g/mol. The molecule has 5 heteroatoms. The minimum absolute atomic E-state index is 0.167. The standard InChI is InChI=1S/C23H28N2O3/c1-27-21-11-7-19(17-22(21)28-2)8-12-23(26)24-20-9-5-18(6-10-20)13-16-25-14-3-4-15-25/h5-12,17H,3-4,13-16H2,1-2H3,(H,24,26). The Morgan fingerprint density at radius 2 is 1.75 bits per heavy atom. The number of carbonyl (C=O) groups excluding carboxylic acids is 1. The van der Waals surface area contributed by atoms with Crippen LogP contribution in [0.25, 0.3) is 6.08 Å². The first kappa shape index (κ1) is 20.0. The molecule has 1 fully saturated rings. The molecule has 148 valence electrons. The van der Waals surface area contributed by atoms with Gasteiger partial charge in [-0.2, -0.15) is 0 Å². The van der Waals surface area contributed by atoms with Crippen molar-refractivity contribution in [1.29, 1.82) is 0 Å². The summed E-state index contributed by atoms with van der Waals surface area (Å²) in [4.78, 5) is 14.7. The van der Waals surface area contributed by atoms with Gasteiger partial charge < -0.3 is 19.7 Å². The molecule has 1 heterocycles. The van der Waals surface area contributed by atoms with Gasteiger partial charge in [-0.3, -0.25) is 4.79 Å². The fourth-order valence-electron chi connectivity index (χ4n) is 3.36. The summed E-state index contributed by atoms with van der Waals surface area (Å²) in [6, 6.07) is 13.6. The van der Waals surface area contributed by atoms with Crippen molar-refractivity contribution < 1.29 is 14.3 Å². The summed E-state index contributed by atoms with van der Waals surface area (Å²) in [5.74, 6) is 1.13. The number of nitrogens with one attached hydrogen (secondary N) is 1. The van der Waals surface area contributed by atoms with Gasteiger partial charge in [0.15, 0.2) is 11.5 Å². The molecule has 0 aromatic heterocycles. The first-order valence-corrected chi connectivity index (χ1v) is 9.70. The Morgan fingerprint density at radius 1 is 1.04 bits per heavy atom. The van der Waals surface area contributed by atoms with E-state index in [9.17, 15) is 4.79 Å². The van der Waals surface area contributed by atoms with E-state index in [0.717, 1.165) is 24.2 Å². The Bertz CT molecular complexity index is 809. The Kier molecular flexibility index (Phi) is 7.09. The Balaban J connectivity index is 1.52. The molecule has 5 nitrogen and oxygen atoms in total. The topological polar surface area (TPSA) is 50.8 Å². The molecule has 2 aromatic carbocycles.